The van der Waals surface area contributed by atoms with E-state index in [-0.39, 0.29) is 0 Å². The SMILES string of the molecule is CC(=CC(N)=C(c1ccccc1)C1(c2ccc(N(C)C)cc2OCc2ccccc2)OC(=O)c2cc3ccccc3cc21)c1ccc(C)cc1. The van der Waals surface area contributed by atoms with Gasteiger partial charge in [-0.1, -0.05) is 115 Å². The van der Waals surface area contributed by atoms with Gasteiger partial charge in [-0.2, -0.15) is 0 Å². The van der Waals surface area contributed by atoms with E-state index in [2.05, 4.69) is 50.2 Å². The fraction of sp³-hybridized carbons (Fsp3) is 0.133. The molecule has 0 bridgehead atoms. The monoisotopic (exact) mass is 656 g/mol. The van der Waals surface area contributed by atoms with Gasteiger partial charge in [0.05, 0.1) is 5.56 Å². The average molecular weight is 657 g/mol. The fourth-order valence-electron chi connectivity index (χ4n) is 6.79. The summed E-state index contributed by atoms with van der Waals surface area (Å²) in [4.78, 5) is 16.3. The van der Waals surface area contributed by atoms with Crippen molar-refractivity contribution in [1.29, 1.82) is 0 Å². The fourth-order valence-corrected chi connectivity index (χ4v) is 6.79. The van der Waals surface area contributed by atoms with E-state index < -0.39 is 11.6 Å². The molecule has 5 heteroatoms. The van der Waals surface area contributed by atoms with Gasteiger partial charge < -0.3 is 20.1 Å². The molecular formula is C45H40N2O3. The van der Waals surface area contributed by atoms with Gasteiger partial charge in [0, 0.05) is 48.2 Å². The molecule has 2 N–H and O–H groups in total. The predicted octanol–water partition coefficient (Wildman–Crippen LogP) is 9.68. The average Bonchev–Trinajstić information content (AvgIpc) is 3.41. The van der Waals surface area contributed by atoms with Gasteiger partial charge in [0.15, 0.2) is 5.60 Å². The van der Waals surface area contributed by atoms with Gasteiger partial charge in [-0.25, -0.2) is 4.79 Å². The highest BCUT2D eigenvalue weighted by Gasteiger charge is 2.53. The highest BCUT2D eigenvalue weighted by molar-refractivity contribution is 6.04. The molecule has 5 nitrogen and oxygen atoms in total. The molecule has 1 atom stereocenters. The van der Waals surface area contributed by atoms with Crippen LogP contribution < -0.4 is 15.4 Å². The quantitative estimate of drug-likeness (QED) is 0.124. The van der Waals surface area contributed by atoms with E-state index >= 15 is 0 Å². The van der Waals surface area contributed by atoms with Crippen molar-refractivity contribution in [3.05, 3.63) is 190 Å². The van der Waals surface area contributed by atoms with Crippen LogP contribution in [0.4, 0.5) is 5.69 Å². The largest absolute Gasteiger partial charge is 0.488 e. The normalized spacial score (nSPS) is 16.1. The van der Waals surface area contributed by atoms with E-state index in [1.807, 2.05) is 128 Å². The Balaban J connectivity index is 1.56. The van der Waals surface area contributed by atoms with Gasteiger partial charge in [0.1, 0.15) is 12.4 Å². The van der Waals surface area contributed by atoms with Gasteiger partial charge in [-0.15, -0.1) is 0 Å². The molecule has 0 aliphatic carbocycles. The first kappa shape index (κ1) is 32.5. The molecule has 6 aromatic carbocycles. The number of rotatable bonds is 9. The topological polar surface area (TPSA) is 64.8 Å². The number of ether oxygens (including phenoxy) is 2. The maximum Gasteiger partial charge on any atom is 0.340 e. The summed E-state index contributed by atoms with van der Waals surface area (Å²) < 4.78 is 13.5. The van der Waals surface area contributed by atoms with Crippen LogP contribution in [0.5, 0.6) is 5.75 Å². The summed E-state index contributed by atoms with van der Waals surface area (Å²) in [7, 11) is 3.99. The van der Waals surface area contributed by atoms with Gasteiger partial charge in [0.25, 0.3) is 0 Å². The van der Waals surface area contributed by atoms with E-state index in [1.165, 1.54) is 5.56 Å². The molecule has 0 fully saturated rings. The minimum Gasteiger partial charge on any atom is -0.488 e. The Hall–Kier alpha value is -6.07. The number of hydrogen-bond donors (Lipinski definition) is 1. The molecule has 1 unspecified atom stereocenters. The summed E-state index contributed by atoms with van der Waals surface area (Å²) in [6.45, 7) is 4.45. The first-order chi connectivity index (χ1) is 24.2. The van der Waals surface area contributed by atoms with E-state index in [0.717, 1.165) is 38.7 Å². The van der Waals surface area contributed by atoms with Gasteiger partial charge in [-0.3, -0.25) is 0 Å². The maximum atomic E-state index is 14.2. The number of cyclic esters (lactones) is 1. The van der Waals surface area contributed by atoms with Crippen LogP contribution in [-0.4, -0.2) is 20.1 Å². The van der Waals surface area contributed by atoms with Crippen molar-refractivity contribution < 1.29 is 14.3 Å². The molecule has 0 saturated carbocycles. The molecule has 1 aliphatic rings. The van der Waals surface area contributed by atoms with Crippen LogP contribution in [-0.2, 0) is 16.9 Å². The molecule has 0 amide bonds. The first-order valence-electron chi connectivity index (χ1n) is 16.8. The lowest BCUT2D eigenvalue weighted by molar-refractivity contribution is 0.0294. The number of nitrogens with two attached hydrogens (primary N) is 1. The van der Waals surface area contributed by atoms with E-state index in [9.17, 15) is 4.79 Å². The lowest BCUT2D eigenvalue weighted by Gasteiger charge is -2.35. The van der Waals surface area contributed by atoms with Crippen LogP contribution in [0.3, 0.4) is 0 Å². The summed E-state index contributed by atoms with van der Waals surface area (Å²) in [6, 6.07) is 46.5. The molecule has 50 heavy (non-hydrogen) atoms. The number of nitrogens with zero attached hydrogens (tertiary/aromatic N) is 1. The number of aryl methyl sites for hydroxylation is 1. The van der Waals surface area contributed by atoms with Crippen LogP contribution >= 0.6 is 0 Å². The third-order valence-corrected chi connectivity index (χ3v) is 9.41. The summed E-state index contributed by atoms with van der Waals surface area (Å²) in [5.41, 5.74) is 14.9. The number of benzene rings is 6. The van der Waals surface area contributed by atoms with Crippen molar-refractivity contribution in [2.75, 3.05) is 19.0 Å². The molecule has 0 aromatic heterocycles. The second-order valence-corrected chi connectivity index (χ2v) is 13.1. The zero-order valence-electron chi connectivity index (χ0n) is 28.8. The molecule has 0 saturated heterocycles. The summed E-state index contributed by atoms with van der Waals surface area (Å²) in [5.74, 6) is 0.172. The Morgan fingerprint density at radius 2 is 1.40 bits per heavy atom. The second kappa shape index (κ2) is 13.4. The van der Waals surface area contributed by atoms with Crippen LogP contribution in [0.15, 0.2) is 151 Å². The zero-order valence-corrected chi connectivity index (χ0v) is 28.8. The first-order valence-corrected chi connectivity index (χ1v) is 16.8. The van der Waals surface area contributed by atoms with Gasteiger partial charge in [0.2, 0.25) is 0 Å². The molecule has 248 valence electrons. The maximum absolute atomic E-state index is 14.2. The summed E-state index contributed by atoms with van der Waals surface area (Å²) >= 11 is 0. The van der Waals surface area contributed by atoms with Crippen molar-refractivity contribution in [2.24, 2.45) is 5.73 Å². The van der Waals surface area contributed by atoms with Crippen molar-refractivity contribution in [3.63, 3.8) is 0 Å². The van der Waals surface area contributed by atoms with Crippen molar-refractivity contribution >= 4 is 33.6 Å². The summed E-state index contributed by atoms with van der Waals surface area (Å²) in [5, 5.41) is 1.94. The molecule has 6 aromatic rings. The Labute approximate surface area is 293 Å². The lowest BCUT2D eigenvalue weighted by Crippen LogP contribution is -2.32. The van der Waals surface area contributed by atoms with E-state index in [4.69, 9.17) is 15.2 Å². The molecule has 0 spiro atoms. The van der Waals surface area contributed by atoms with Crippen LogP contribution in [0.25, 0.3) is 21.9 Å². The van der Waals surface area contributed by atoms with E-state index in [1.54, 1.807) is 0 Å². The van der Waals surface area contributed by atoms with Crippen molar-refractivity contribution in [2.45, 2.75) is 26.1 Å². The Morgan fingerprint density at radius 1 is 0.760 bits per heavy atom. The third kappa shape index (κ3) is 6.03. The second-order valence-electron chi connectivity index (χ2n) is 13.1. The van der Waals surface area contributed by atoms with E-state index in [0.29, 0.717) is 40.3 Å². The molecular weight excluding hydrogens is 617 g/mol. The lowest BCUT2D eigenvalue weighted by atomic mass is 9.74. The number of anilines is 1. The zero-order chi connectivity index (χ0) is 34.8. The number of carbonyl (C=O) groups excluding carboxylic acids is 1. The minimum atomic E-state index is -1.46. The molecule has 0 radical (unpaired) electrons. The predicted molar refractivity (Wildman–Crippen MR) is 204 cm³/mol. The Bertz CT molecular complexity index is 2250. The molecule has 7 rings (SSSR count). The molecule has 1 aliphatic heterocycles. The van der Waals surface area contributed by atoms with Gasteiger partial charge in [-0.05, 0) is 77.2 Å². The van der Waals surface area contributed by atoms with Crippen LogP contribution in [0, 0.1) is 6.92 Å². The number of fused-ring (bicyclic) bond motifs is 2. The highest BCUT2D eigenvalue weighted by atomic mass is 16.6. The number of hydrogen-bond acceptors (Lipinski definition) is 5. The molecule has 1 heterocycles. The number of esters is 1. The summed E-state index contributed by atoms with van der Waals surface area (Å²) in [6.07, 6.45) is 1.99. The van der Waals surface area contributed by atoms with Crippen LogP contribution in [0.1, 0.15) is 50.7 Å². The van der Waals surface area contributed by atoms with Gasteiger partial charge >= 0.3 is 5.97 Å². The smallest absolute Gasteiger partial charge is 0.340 e. The van der Waals surface area contributed by atoms with Crippen LogP contribution in [0.2, 0.25) is 0 Å². The third-order valence-electron chi connectivity index (χ3n) is 9.41. The Kier molecular flexibility index (Phi) is 8.73. The number of allylic oxidation sites excluding steroid dienone is 2. The number of carbonyl (C=O) groups is 1. The highest BCUT2D eigenvalue weighted by Crippen LogP contribution is 2.55. The van der Waals surface area contributed by atoms with Crippen molar-refractivity contribution in [3.8, 4) is 5.75 Å². The Morgan fingerprint density at radius 3 is 2.08 bits per heavy atom. The minimum absolute atomic E-state index is 0.325. The standard InChI is InChI=1S/C45H40N2O3/c1-30-19-21-33(22-20-30)31(2)25-41(46)43(34-15-9-6-10-16-34)45(40-27-36-18-12-11-17-35(36)26-38(40)44(48)50-45)39-24-23-37(47(3)4)28-42(39)49-29-32-13-7-5-8-14-32/h5-28H,29,46H2,1-4H3. The van der Waals surface area contributed by atoms with Crippen molar-refractivity contribution in [1.82, 2.24) is 0 Å².